The molecule has 3 rings (SSSR count). The molecule has 2 amide bonds. The average molecular weight is 593 g/mol. The van der Waals surface area contributed by atoms with E-state index in [0.717, 1.165) is 9.87 Å². The Balaban J connectivity index is 2.10. The standard InChI is InChI=1S/C28H31Cl2N3O5S/c1-4-24(28(35)31-3)32(18-20-10-12-21(29)13-11-20)27(34)19-33(25-8-6-7-9-26(25)38-5-2)39(36,37)23-16-14-22(30)15-17-23/h6-17,24H,4-5,18-19H2,1-3H3,(H,31,35). The molecule has 1 N–H and O–H groups in total. The maximum absolute atomic E-state index is 14.0. The molecule has 0 aliphatic heterocycles. The summed E-state index contributed by atoms with van der Waals surface area (Å²) < 4.78 is 34.6. The molecule has 0 aliphatic carbocycles. The van der Waals surface area contributed by atoms with Crippen LogP contribution in [0.2, 0.25) is 10.0 Å². The molecule has 0 aliphatic rings. The number of amides is 2. The molecule has 1 unspecified atom stereocenters. The third kappa shape index (κ3) is 7.44. The Morgan fingerprint density at radius 1 is 0.923 bits per heavy atom. The van der Waals surface area contributed by atoms with E-state index in [1.54, 1.807) is 62.4 Å². The molecular weight excluding hydrogens is 561 g/mol. The number of nitrogens with one attached hydrogen (secondary N) is 1. The molecule has 0 saturated heterocycles. The first-order valence-electron chi connectivity index (χ1n) is 12.4. The van der Waals surface area contributed by atoms with Crippen molar-refractivity contribution in [2.45, 2.75) is 37.8 Å². The minimum Gasteiger partial charge on any atom is -0.492 e. The van der Waals surface area contributed by atoms with Gasteiger partial charge in [-0.25, -0.2) is 8.42 Å². The summed E-state index contributed by atoms with van der Waals surface area (Å²) >= 11 is 12.0. The van der Waals surface area contributed by atoms with Crippen molar-refractivity contribution in [3.63, 3.8) is 0 Å². The highest BCUT2D eigenvalue weighted by molar-refractivity contribution is 7.92. The van der Waals surface area contributed by atoms with E-state index in [1.165, 1.54) is 36.2 Å². The highest BCUT2D eigenvalue weighted by atomic mass is 35.5. The third-order valence-electron chi connectivity index (χ3n) is 6.01. The van der Waals surface area contributed by atoms with Crippen molar-refractivity contribution in [3.05, 3.63) is 88.4 Å². The van der Waals surface area contributed by atoms with Crippen LogP contribution in [0.3, 0.4) is 0 Å². The lowest BCUT2D eigenvalue weighted by Gasteiger charge is -2.33. The van der Waals surface area contributed by atoms with Gasteiger partial charge in [-0.3, -0.25) is 13.9 Å². The number of likely N-dealkylation sites (N-methyl/N-ethyl adjacent to an activating group) is 1. The molecule has 1 atom stereocenters. The summed E-state index contributed by atoms with van der Waals surface area (Å²) in [5.41, 5.74) is 0.930. The second-order valence-corrected chi connectivity index (χ2v) is 11.3. The van der Waals surface area contributed by atoms with E-state index in [1.807, 2.05) is 0 Å². The monoisotopic (exact) mass is 591 g/mol. The van der Waals surface area contributed by atoms with Gasteiger partial charge in [0.15, 0.2) is 0 Å². The van der Waals surface area contributed by atoms with Gasteiger partial charge < -0.3 is 15.0 Å². The summed E-state index contributed by atoms with van der Waals surface area (Å²) in [6.07, 6.45) is 0.318. The second-order valence-electron chi connectivity index (χ2n) is 8.55. The van der Waals surface area contributed by atoms with E-state index < -0.39 is 28.5 Å². The Kier molecular flexibility index (Phi) is 10.6. The Bertz CT molecular complexity index is 1380. The van der Waals surface area contributed by atoms with Crippen molar-refractivity contribution in [1.29, 1.82) is 0 Å². The molecule has 0 aromatic heterocycles. The van der Waals surface area contributed by atoms with Crippen LogP contribution in [0.15, 0.2) is 77.7 Å². The number of carbonyl (C=O) groups excluding carboxylic acids is 2. The maximum Gasteiger partial charge on any atom is 0.264 e. The average Bonchev–Trinajstić information content (AvgIpc) is 2.93. The van der Waals surface area contributed by atoms with Gasteiger partial charge in [0.25, 0.3) is 10.0 Å². The predicted molar refractivity (Wildman–Crippen MR) is 154 cm³/mol. The Morgan fingerprint density at radius 2 is 1.51 bits per heavy atom. The van der Waals surface area contributed by atoms with Gasteiger partial charge in [-0.1, -0.05) is 54.4 Å². The highest BCUT2D eigenvalue weighted by Crippen LogP contribution is 2.33. The molecular formula is C28H31Cl2N3O5S. The topological polar surface area (TPSA) is 96.0 Å². The minimum absolute atomic E-state index is 0.0476. The summed E-state index contributed by atoms with van der Waals surface area (Å²) in [5.74, 6) is -0.626. The van der Waals surface area contributed by atoms with Crippen LogP contribution >= 0.6 is 23.2 Å². The molecule has 3 aromatic carbocycles. The van der Waals surface area contributed by atoms with Crippen molar-refractivity contribution in [2.75, 3.05) is 24.5 Å². The summed E-state index contributed by atoms with van der Waals surface area (Å²) in [5, 5.41) is 3.50. The number of rotatable bonds is 12. The molecule has 3 aromatic rings. The van der Waals surface area contributed by atoms with Crippen LogP contribution in [0, 0.1) is 0 Å². The smallest absolute Gasteiger partial charge is 0.264 e. The largest absolute Gasteiger partial charge is 0.492 e. The van der Waals surface area contributed by atoms with Crippen LogP contribution in [-0.4, -0.2) is 51.4 Å². The first-order chi connectivity index (χ1) is 18.6. The van der Waals surface area contributed by atoms with Crippen molar-refractivity contribution in [3.8, 4) is 5.75 Å². The highest BCUT2D eigenvalue weighted by Gasteiger charge is 2.34. The second kappa shape index (κ2) is 13.7. The number of carbonyl (C=O) groups is 2. The molecule has 0 radical (unpaired) electrons. The number of hydrogen-bond acceptors (Lipinski definition) is 5. The zero-order valence-corrected chi connectivity index (χ0v) is 24.3. The molecule has 11 heteroatoms. The van der Waals surface area contributed by atoms with Crippen LogP contribution in [0.25, 0.3) is 0 Å². The lowest BCUT2D eigenvalue weighted by Crippen LogP contribution is -2.51. The van der Waals surface area contributed by atoms with Gasteiger partial charge in [0.2, 0.25) is 11.8 Å². The fraction of sp³-hybridized carbons (Fsp3) is 0.286. The minimum atomic E-state index is -4.25. The van der Waals surface area contributed by atoms with E-state index in [9.17, 15) is 18.0 Å². The van der Waals surface area contributed by atoms with Crippen molar-refractivity contribution in [2.24, 2.45) is 0 Å². The number of nitrogens with zero attached hydrogens (tertiary/aromatic N) is 2. The summed E-state index contributed by atoms with van der Waals surface area (Å²) in [7, 11) is -2.76. The lowest BCUT2D eigenvalue weighted by atomic mass is 10.1. The molecule has 0 spiro atoms. The van der Waals surface area contributed by atoms with E-state index in [2.05, 4.69) is 5.32 Å². The molecule has 0 heterocycles. The number of benzene rings is 3. The van der Waals surface area contributed by atoms with Gasteiger partial charge in [-0.2, -0.15) is 0 Å². The van der Waals surface area contributed by atoms with E-state index >= 15 is 0 Å². The van der Waals surface area contributed by atoms with Crippen molar-refractivity contribution >= 4 is 50.7 Å². The van der Waals surface area contributed by atoms with Gasteiger partial charge >= 0.3 is 0 Å². The molecule has 0 fully saturated rings. The van der Waals surface area contributed by atoms with Crippen LogP contribution in [0.4, 0.5) is 5.69 Å². The van der Waals surface area contributed by atoms with Crippen LogP contribution < -0.4 is 14.4 Å². The normalized spacial score (nSPS) is 11.9. The fourth-order valence-corrected chi connectivity index (χ4v) is 5.74. The van der Waals surface area contributed by atoms with Gasteiger partial charge in [0.1, 0.15) is 18.3 Å². The first kappa shape index (κ1) is 30.3. The van der Waals surface area contributed by atoms with Gasteiger partial charge in [0, 0.05) is 23.6 Å². The zero-order chi connectivity index (χ0) is 28.6. The van der Waals surface area contributed by atoms with Crippen LogP contribution in [0.5, 0.6) is 5.75 Å². The molecule has 39 heavy (non-hydrogen) atoms. The van der Waals surface area contributed by atoms with Gasteiger partial charge in [0.05, 0.1) is 17.2 Å². The fourth-order valence-electron chi connectivity index (χ4n) is 4.06. The summed E-state index contributed by atoms with van der Waals surface area (Å²) in [6.45, 7) is 3.36. The Morgan fingerprint density at radius 3 is 2.08 bits per heavy atom. The van der Waals surface area contributed by atoms with Gasteiger partial charge in [-0.15, -0.1) is 0 Å². The van der Waals surface area contributed by atoms with Crippen molar-refractivity contribution < 1.29 is 22.7 Å². The predicted octanol–water partition coefficient (Wildman–Crippen LogP) is 5.14. The first-order valence-corrected chi connectivity index (χ1v) is 14.6. The lowest BCUT2D eigenvalue weighted by molar-refractivity contribution is -0.140. The molecule has 0 saturated carbocycles. The van der Waals surface area contributed by atoms with Crippen LogP contribution in [0.1, 0.15) is 25.8 Å². The van der Waals surface area contributed by atoms with Gasteiger partial charge in [-0.05, 0) is 67.4 Å². The van der Waals surface area contributed by atoms with Crippen molar-refractivity contribution in [1.82, 2.24) is 10.2 Å². The molecule has 8 nitrogen and oxygen atoms in total. The van der Waals surface area contributed by atoms with E-state index in [0.29, 0.717) is 22.2 Å². The zero-order valence-electron chi connectivity index (χ0n) is 21.9. The van der Waals surface area contributed by atoms with Crippen LogP contribution in [-0.2, 0) is 26.2 Å². The number of halogens is 2. The quantitative estimate of drug-likeness (QED) is 0.314. The number of hydrogen-bond donors (Lipinski definition) is 1. The summed E-state index contributed by atoms with van der Waals surface area (Å²) in [6, 6.07) is 18.3. The number of ether oxygens (including phenoxy) is 1. The Labute approximate surface area is 239 Å². The number of para-hydroxylation sites is 2. The number of sulfonamides is 1. The van der Waals surface area contributed by atoms with E-state index in [-0.39, 0.29) is 29.6 Å². The molecule has 208 valence electrons. The van der Waals surface area contributed by atoms with E-state index in [4.69, 9.17) is 27.9 Å². The summed E-state index contributed by atoms with van der Waals surface area (Å²) in [4.78, 5) is 28.1. The number of anilines is 1. The molecule has 0 bridgehead atoms. The SMILES string of the molecule is CCOc1ccccc1N(CC(=O)N(Cc1ccc(Cl)cc1)C(CC)C(=O)NC)S(=O)(=O)c1ccc(Cl)cc1. The third-order valence-corrected chi connectivity index (χ3v) is 8.29. The maximum atomic E-state index is 14.0. The Hall–Kier alpha value is -3.27.